The maximum absolute atomic E-state index is 3.80. The van der Waals surface area contributed by atoms with Gasteiger partial charge in [0.05, 0.1) is 0 Å². The topological polar surface area (TPSA) is 15.3 Å². The molecule has 0 radical (unpaired) electrons. The van der Waals surface area contributed by atoms with Crippen LogP contribution in [0.2, 0.25) is 0 Å². The first kappa shape index (κ1) is 13.1. The molecule has 2 nitrogen and oxygen atoms in total. The maximum Gasteiger partial charge on any atom is 0.0309 e. The van der Waals surface area contributed by atoms with E-state index in [1.165, 1.54) is 57.4 Å². The van der Waals surface area contributed by atoms with Gasteiger partial charge in [0.25, 0.3) is 0 Å². The number of rotatable bonds is 3. The van der Waals surface area contributed by atoms with Gasteiger partial charge in [0.15, 0.2) is 0 Å². The lowest BCUT2D eigenvalue weighted by molar-refractivity contribution is 0.130. The van der Waals surface area contributed by atoms with Gasteiger partial charge in [-0.1, -0.05) is 50.1 Å². The molecule has 2 heteroatoms. The zero-order chi connectivity index (χ0) is 13.1. The van der Waals surface area contributed by atoms with E-state index in [9.17, 15) is 0 Å². The Labute approximate surface area is 117 Å². The molecule has 0 aromatic heterocycles. The zero-order valence-corrected chi connectivity index (χ0v) is 12.1. The number of piperazine rings is 1. The summed E-state index contributed by atoms with van der Waals surface area (Å²) in [6, 6.07) is 10.9. The monoisotopic (exact) mass is 258 g/mol. The molecule has 1 aliphatic heterocycles. The fourth-order valence-corrected chi connectivity index (χ4v) is 3.86. The minimum Gasteiger partial charge on any atom is -0.309 e. The summed E-state index contributed by atoms with van der Waals surface area (Å²) in [4.78, 5) is 2.68. The first-order valence-electron chi connectivity index (χ1n) is 7.80. The molecule has 104 valence electrons. The third kappa shape index (κ3) is 3.01. The molecular weight excluding hydrogens is 232 g/mol. The predicted octanol–water partition coefficient (Wildman–Crippen LogP) is 3.01. The second kappa shape index (κ2) is 5.64. The number of nitrogens with zero attached hydrogens (tertiary/aromatic N) is 1. The highest BCUT2D eigenvalue weighted by Crippen LogP contribution is 2.32. The molecule has 1 aliphatic carbocycles. The van der Waals surface area contributed by atoms with Crippen LogP contribution in [0.1, 0.15) is 44.1 Å². The summed E-state index contributed by atoms with van der Waals surface area (Å²) in [5.41, 5.74) is 1.93. The second-order valence-corrected chi connectivity index (χ2v) is 6.46. The van der Waals surface area contributed by atoms with Crippen molar-refractivity contribution < 1.29 is 0 Å². The van der Waals surface area contributed by atoms with E-state index in [1.54, 1.807) is 0 Å². The Balaban J connectivity index is 1.60. The van der Waals surface area contributed by atoms with Gasteiger partial charge in [0, 0.05) is 31.7 Å². The van der Waals surface area contributed by atoms with E-state index in [1.807, 2.05) is 0 Å². The van der Waals surface area contributed by atoms with Gasteiger partial charge in [-0.25, -0.2) is 0 Å². The Kier molecular flexibility index (Phi) is 3.90. The first-order chi connectivity index (χ1) is 9.27. The number of benzene rings is 1. The molecule has 1 saturated heterocycles. The van der Waals surface area contributed by atoms with Crippen molar-refractivity contribution in [2.24, 2.45) is 0 Å². The molecule has 0 bridgehead atoms. The summed E-state index contributed by atoms with van der Waals surface area (Å²) >= 11 is 0. The van der Waals surface area contributed by atoms with E-state index in [0.717, 1.165) is 0 Å². The van der Waals surface area contributed by atoms with Crippen LogP contribution in [-0.4, -0.2) is 36.6 Å². The largest absolute Gasteiger partial charge is 0.309 e. The quantitative estimate of drug-likeness (QED) is 0.896. The molecule has 1 aromatic rings. The molecule has 1 aromatic carbocycles. The fraction of sp³-hybridized carbons (Fsp3) is 0.647. The molecule has 1 unspecified atom stereocenters. The Morgan fingerprint density at radius 1 is 1.21 bits per heavy atom. The Hall–Kier alpha value is -0.860. The van der Waals surface area contributed by atoms with Crippen LogP contribution >= 0.6 is 0 Å². The molecule has 2 fully saturated rings. The molecule has 1 saturated carbocycles. The SMILES string of the molecule is CC(CN1CCNC2(CCCC2)C1)c1ccccc1. The van der Waals surface area contributed by atoms with Crippen LogP contribution in [0.5, 0.6) is 0 Å². The van der Waals surface area contributed by atoms with Gasteiger partial charge >= 0.3 is 0 Å². The first-order valence-corrected chi connectivity index (χ1v) is 7.80. The van der Waals surface area contributed by atoms with E-state index >= 15 is 0 Å². The van der Waals surface area contributed by atoms with Crippen molar-refractivity contribution in [1.82, 2.24) is 10.2 Å². The van der Waals surface area contributed by atoms with Gasteiger partial charge in [-0.05, 0) is 24.3 Å². The zero-order valence-electron chi connectivity index (χ0n) is 12.1. The molecule has 19 heavy (non-hydrogen) atoms. The minimum absolute atomic E-state index is 0.453. The molecule has 1 atom stereocenters. The molecular formula is C17H26N2. The normalized spacial score (nSPS) is 24.7. The van der Waals surface area contributed by atoms with Gasteiger partial charge in [-0.2, -0.15) is 0 Å². The van der Waals surface area contributed by atoms with Gasteiger partial charge in [0.1, 0.15) is 0 Å². The Bertz CT molecular complexity index is 395. The van der Waals surface area contributed by atoms with Crippen LogP contribution in [-0.2, 0) is 0 Å². The van der Waals surface area contributed by atoms with Crippen molar-refractivity contribution in [1.29, 1.82) is 0 Å². The summed E-state index contributed by atoms with van der Waals surface area (Å²) in [5, 5.41) is 3.80. The van der Waals surface area contributed by atoms with Crippen molar-refractivity contribution in [3.8, 4) is 0 Å². The summed E-state index contributed by atoms with van der Waals surface area (Å²) in [6.07, 6.45) is 5.58. The lowest BCUT2D eigenvalue weighted by Gasteiger charge is -2.42. The number of hydrogen-bond donors (Lipinski definition) is 1. The van der Waals surface area contributed by atoms with Crippen molar-refractivity contribution in [3.63, 3.8) is 0 Å². The maximum atomic E-state index is 3.80. The average molecular weight is 258 g/mol. The van der Waals surface area contributed by atoms with E-state index < -0.39 is 0 Å². The number of hydrogen-bond acceptors (Lipinski definition) is 2. The molecule has 2 aliphatic rings. The van der Waals surface area contributed by atoms with Crippen LogP contribution < -0.4 is 5.32 Å². The molecule has 3 rings (SSSR count). The van der Waals surface area contributed by atoms with E-state index in [-0.39, 0.29) is 0 Å². The number of nitrogens with one attached hydrogen (secondary N) is 1. The lowest BCUT2D eigenvalue weighted by atomic mass is 9.93. The van der Waals surface area contributed by atoms with Crippen molar-refractivity contribution in [3.05, 3.63) is 35.9 Å². The molecule has 1 spiro atoms. The van der Waals surface area contributed by atoms with Crippen LogP contribution in [0.4, 0.5) is 0 Å². The van der Waals surface area contributed by atoms with E-state index in [4.69, 9.17) is 0 Å². The Morgan fingerprint density at radius 2 is 1.95 bits per heavy atom. The van der Waals surface area contributed by atoms with Gasteiger partial charge in [-0.15, -0.1) is 0 Å². The predicted molar refractivity (Wildman–Crippen MR) is 80.5 cm³/mol. The van der Waals surface area contributed by atoms with Crippen LogP contribution in [0.3, 0.4) is 0 Å². The van der Waals surface area contributed by atoms with Crippen molar-refractivity contribution in [2.45, 2.75) is 44.1 Å². The smallest absolute Gasteiger partial charge is 0.0309 e. The van der Waals surface area contributed by atoms with Gasteiger partial charge in [0.2, 0.25) is 0 Å². The highest BCUT2D eigenvalue weighted by Gasteiger charge is 2.37. The summed E-state index contributed by atoms with van der Waals surface area (Å²) in [6.45, 7) is 7.19. The fourth-order valence-electron chi connectivity index (χ4n) is 3.86. The highest BCUT2D eigenvalue weighted by atomic mass is 15.2. The Morgan fingerprint density at radius 3 is 2.68 bits per heavy atom. The van der Waals surface area contributed by atoms with Gasteiger partial charge < -0.3 is 5.32 Å². The van der Waals surface area contributed by atoms with Crippen molar-refractivity contribution >= 4 is 0 Å². The summed E-state index contributed by atoms with van der Waals surface area (Å²) in [5.74, 6) is 0.637. The highest BCUT2D eigenvalue weighted by molar-refractivity contribution is 5.19. The van der Waals surface area contributed by atoms with Crippen LogP contribution in [0.25, 0.3) is 0 Å². The van der Waals surface area contributed by atoms with Gasteiger partial charge in [-0.3, -0.25) is 4.90 Å². The third-order valence-electron chi connectivity index (χ3n) is 4.92. The van der Waals surface area contributed by atoms with E-state index in [2.05, 4.69) is 47.5 Å². The summed E-state index contributed by atoms with van der Waals surface area (Å²) < 4.78 is 0. The minimum atomic E-state index is 0.453. The van der Waals surface area contributed by atoms with E-state index in [0.29, 0.717) is 11.5 Å². The standard InChI is InChI=1S/C17H26N2/c1-15(16-7-3-2-4-8-16)13-19-12-11-18-17(14-19)9-5-6-10-17/h2-4,7-8,15,18H,5-6,9-14H2,1H3. The average Bonchev–Trinajstić information content (AvgIpc) is 2.88. The lowest BCUT2D eigenvalue weighted by Crippen LogP contribution is -2.59. The second-order valence-electron chi connectivity index (χ2n) is 6.46. The molecule has 1 N–H and O–H groups in total. The van der Waals surface area contributed by atoms with Crippen molar-refractivity contribution in [2.75, 3.05) is 26.2 Å². The molecule has 0 amide bonds. The molecule has 1 heterocycles. The third-order valence-corrected chi connectivity index (χ3v) is 4.92. The van der Waals surface area contributed by atoms with Crippen LogP contribution in [0, 0.1) is 0 Å². The summed E-state index contributed by atoms with van der Waals surface area (Å²) in [7, 11) is 0. The van der Waals surface area contributed by atoms with Crippen LogP contribution in [0.15, 0.2) is 30.3 Å².